The SMILES string of the molecule is Cc1nc2c([nH]1)CC(NC(=O)c1cccc(-c3ccn[nH]3)c1)CC2. The van der Waals surface area contributed by atoms with Crippen LogP contribution in [0.3, 0.4) is 0 Å². The van der Waals surface area contributed by atoms with Gasteiger partial charge in [-0.3, -0.25) is 9.89 Å². The summed E-state index contributed by atoms with van der Waals surface area (Å²) in [5.41, 5.74) is 4.80. The highest BCUT2D eigenvalue weighted by atomic mass is 16.1. The van der Waals surface area contributed by atoms with Crippen LogP contribution in [0.15, 0.2) is 36.5 Å². The normalized spacial score (nSPS) is 16.6. The number of aryl methyl sites for hydroxylation is 2. The third-order valence-electron chi connectivity index (χ3n) is 4.43. The molecule has 0 aliphatic heterocycles. The molecule has 122 valence electrons. The first-order valence-corrected chi connectivity index (χ1v) is 8.14. The van der Waals surface area contributed by atoms with Crippen molar-refractivity contribution in [1.29, 1.82) is 0 Å². The van der Waals surface area contributed by atoms with Crippen molar-refractivity contribution in [2.24, 2.45) is 0 Å². The van der Waals surface area contributed by atoms with Gasteiger partial charge < -0.3 is 10.3 Å². The molecule has 1 aliphatic carbocycles. The molecule has 1 atom stereocenters. The van der Waals surface area contributed by atoms with Crippen LogP contribution in [0.25, 0.3) is 11.3 Å². The van der Waals surface area contributed by atoms with Crippen LogP contribution < -0.4 is 5.32 Å². The summed E-state index contributed by atoms with van der Waals surface area (Å²) in [6.45, 7) is 1.97. The number of carbonyl (C=O) groups is 1. The minimum Gasteiger partial charge on any atom is -0.349 e. The fourth-order valence-corrected chi connectivity index (χ4v) is 3.26. The Morgan fingerprint density at radius 2 is 2.25 bits per heavy atom. The number of H-pyrrole nitrogens is 2. The molecule has 3 aromatic rings. The highest BCUT2D eigenvalue weighted by molar-refractivity contribution is 5.95. The molecule has 2 heterocycles. The van der Waals surface area contributed by atoms with Crippen LogP contribution in [0.4, 0.5) is 0 Å². The lowest BCUT2D eigenvalue weighted by atomic mass is 9.95. The monoisotopic (exact) mass is 321 g/mol. The summed E-state index contributed by atoms with van der Waals surface area (Å²) in [5.74, 6) is 0.903. The minimum absolute atomic E-state index is 0.0407. The van der Waals surface area contributed by atoms with E-state index in [1.807, 2.05) is 37.3 Å². The Bertz CT molecular complexity index is 865. The first-order valence-electron chi connectivity index (χ1n) is 8.14. The van der Waals surface area contributed by atoms with Gasteiger partial charge in [-0.25, -0.2) is 4.98 Å². The molecular weight excluding hydrogens is 302 g/mol. The number of nitrogens with zero attached hydrogens (tertiary/aromatic N) is 2. The number of fused-ring (bicyclic) bond motifs is 1. The third-order valence-corrected chi connectivity index (χ3v) is 4.43. The molecule has 1 amide bonds. The van der Waals surface area contributed by atoms with Crippen LogP contribution in [0.2, 0.25) is 0 Å². The Kier molecular flexibility index (Phi) is 3.65. The summed E-state index contributed by atoms with van der Waals surface area (Å²) in [7, 11) is 0. The largest absolute Gasteiger partial charge is 0.349 e. The highest BCUT2D eigenvalue weighted by Gasteiger charge is 2.23. The average Bonchev–Trinajstić information content (AvgIpc) is 3.23. The molecule has 0 saturated heterocycles. The van der Waals surface area contributed by atoms with Crippen molar-refractivity contribution in [3.8, 4) is 11.3 Å². The summed E-state index contributed by atoms with van der Waals surface area (Å²) in [4.78, 5) is 20.4. The summed E-state index contributed by atoms with van der Waals surface area (Å²) in [6.07, 6.45) is 4.33. The van der Waals surface area contributed by atoms with Gasteiger partial charge in [0.05, 0.1) is 11.4 Å². The molecule has 0 spiro atoms. The number of hydrogen-bond acceptors (Lipinski definition) is 3. The summed E-state index contributed by atoms with van der Waals surface area (Å²) in [6, 6.07) is 9.61. The van der Waals surface area contributed by atoms with Crippen molar-refractivity contribution < 1.29 is 4.79 Å². The molecule has 0 fully saturated rings. The van der Waals surface area contributed by atoms with Crippen molar-refractivity contribution in [3.05, 3.63) is 59.3 Å². The molecule has 2 aromatic heterocycles. The van der Waals surface area contributed by atoms with Gasteiger partial charge in [0.15, 0.2) is 0 Å². The summed E-state index contributed by atoms with van der Waals surface area (Å²) >= 11 is 0. The zero-order valence-corrected chi connectivity index (χ0v) is 13.5. The average molecular weight is 321 g/mol. The maximum Gasteiger partial charge on any atom is 0.251 e. The molecule has 0 radical (unpaired) electrons. The predicted octanol–water partition coefficient (Wildman–Crippen LogP) is 2.40. The van der Waals surface area contributed by atoms with Gasteiger partial charge in [-0.15, -0.1) is 0 Å². The molecule has 6 nitrogen and oxygen atoms in total. The second-order valence-corrected chi connectivity index (χ2v) is 6.21. The van der Waals surface area contributed by atoms with Crippen molar-refractivity contribution in [1.82, 2.24) is 25.5 Å². The van der Waals surface area contributed by atoms with Crippen molar-refractivity contribution in [2.45, 2.75) is 32.2 Å². The Morgan fingerprint density at radius 1 is 1.33 bits per heavy atom. The van der Waals surface area contributed by atoms with Crippen LogP contribution in [-0.4, -0.2) is 32.1 Å². The Morgan fingerprint density at radius 3 is 3.08 bits per heavy atom. The van der Waals surface area contributed by atoms with Gasteiger partial charge >= 0.3 is 0 Å². The quantitative estimate of drug-likeness (QED) is 0.692. The first kappa shape index (κ1) is 14.7. The maximum absolute atomic E-state index is 12.6. The number of carbonyl (C=O) groups excluding carboxylic acids is 1. The second-order valence-electron chi connectivity index (χ2n) is 6.21. The number of aromatic nitrogens is 4. The van der Waals surface area contributed by atoms with Gasteiger partial charge in [-0.05, 0) is 38.0 Å². The second kappa shape index (κ2) is 5.96. The smallest absolute Gasteiger partial charge is 0.251 e. The fraction of sp³-hybridized carbons (Fsp3) is 0.278. The number of hydrogen-bond donors (Lipinski definition) is 3. The molecular formula is C18H19N5O. The number of amides is 1. The molecule has 3 N–H and O–H groups in total. The standard InChI is InChI=1S/C18H19N5O/c1-11-20-16-6-5-14(10-17(16)21-11)22-18(24)13-4-2-3-12(9-13)15-7-8-19-23-15/h2-4,7-9,14H,5-6,10H2,1H3,(H,19,23)(H,20,21)(H,22,24). The number of aromatic amines is 2. The van der Waals surface area contributed by atoms with Crippen LogP contribution in [-0.2, 0) is 12.8 Å². The lowest BCUT2D eigenvalue weighted by Crippen LogP contribution is -2.38. The van der Waals surface area contributed by atoms with Crippen molar-refractivity contribution in [3.63, 3.8) is 0 Å². The van der Waals surface area contributed by atoms with Crippen LogP contribution in [0, 0.1) is 6.92 Å². The van der Waals surface area contributed by atoms with Crippen molar-refractivity contribution >= 4 is 5.91 Å². The van der Waals surface area contributed by atoms with Crippen LogP contribution >= 0.6 is 0 Å². The molecule has 1 aliphatic rings. The van der Waals surface area contributed by atoms with E-state index in [0.717, 1.165) is 47.7 Å². The van der Waals surface area contributed by atoms with Gasteiger partial charge in [-0.2, -0.15) is 5.10 Å². The van der Waals surface area contributed by atoms with Gasteiger partial charge in [0.2, 0.25) is 0 Å². The molecule has 0 saturated carbocycles. The lowest BCUT2D eigenvalue weighted by molar-refractivity contribution is 0.0933. The highest BCUT2D eigenvalue weighted by Crippen LogP contribution is 2.21. The van der Waals surface area contributed by atoms with E-state index in [-0.39, 0.29) is 11.9 Å². The number of nitrogens with one attached hydrogen (secondary N) is 3. The Balaban J connectivity index is 1.48. The number of rotatable bonds is 3. The zero-order valence-electron chi connectivity index (χ0n) is 13.5. The number of benzene rings is 1. The molecule has 6 heteroatoms. The van der Waals surface area contributed by atoms with E-state index in [0.29, 0.717) is 5.56 Å². The van der Waals surface area contributed by atoms with Gasteiger partial charge in [0, 0.05) is 35.5 Å². The Hall–Kier alpha value is -2.89. The number of imidazole rings is 1. The van der Waals surface area contributed by atoms with E-state index in [2.05, 4.69) is 25.5 Å². The third kappa shape index (κ3) is 2.82. The fourth-order valence-electron chi connectivity index (χ4n) is 3.26. The first-order chi connectivity index (χ1) is 11.7. The van der Waals surface area contributed by atoms with Crippen LogP contribution in [0.5, 0.6) is 0 Å². The summed E-state index contributed by atoms with van der Waals surface area (Å²) in [5, 5.41) is 10.0. The molecule has 1 aromatic carbocycles. The maximum atomic E-state index is 12.6. The van der Waals surface area contributed by atoms with Gasteiger partial charge in [-0.1, -0.05) is 12.1 Å². The summed E-state index contributed by atoms with van der Waals surface area (Å²) < 4.78 is 0. The van der Waals surface area contributed by atoms with E-state index < -0.39 is 0 Å². The molecule has 24 heavy (non-hydrogen) atoms. The molecule has 1 unspecified atom stereocenters. The zero-order chi connectivity index (χ0) is 16.5. The topological polar surface area (TPSA) is 86.5 Å². The van der Waals surface area contributed by atoms with Gasteiger partial charge in [0.25, 0.3) is 5.91 Å². The minimum atomic E-state index is -0.0407. The lowest BCUT2D eigenvalue weighted by Gasteiger charge is -2.22. The van der Waals surface area contributed by atoms with Crippen molar-refractivity contribution in [2.75, 3.05) is 0 Å². The van der Waals surface area contributed by atoms with Crippen LogP contribution in [0.1, 0.15) is 34.0 Å². The Labute approximate surface area is 139 Å². The van der Waals surface area contributed by atoms with E-state index in [4.69, 9.17) is 0 Å². The van der Waals surface area contributed by atoms with E-state index >= 15 is 0 Å². The molecule has 0 bridgehead atoms. The van der Waals surface area contributed by atoms with Gasteiger partial charge in [0.1, 0.15) is 5.82 Å². The predicted molar refractivity (Wildman–Crippen MR) is 90.6 cm³/mol. The van der Waals surface area contributed by atoms with E-state index in [1.165, 1.54) is 0 Å². The van der Waals surface area contributed by atoms with E-state index in [9.17, 15) is 4.79 Å². The molecule has 4 rings (SSSR count). The van der Waals surface area contributed by atoms with E-state index in [1.54, 1.807) is 6.20 Å².